The van der Waals surface area contributed by atoms with Gasteiger partial charge in [0.2, 0.25) is 20.0 Å². The van der Waals surface area contributed by atoms with Gasteiger partial charge in [-0.05, 0) is 80.3 Å². The molecule has 214 valence electrons. The first-order valence-corrected chi connectivity index (χ1v) is 16.5. The van der Waals surface area contributed by atoms with E-state index in [0.29, 0.717) is 43.2 Å². The number of piperidine rings is 1. The smallest absolute Gasteiger partial charge is 0.243 e. The average molecular weight is 580 g/mol. The summed E-state index contributed by atoms with van der Waals surface area (Å²) in [6, 6.07) is 11.5. The zero-order valence-corrected chi connectivity index (χ0v) is 23.6. The lowest BCUT2D eigenvalue weighted by atomic mass is 9.88. The highest BCUT2D eigenvalue weighted by Gasteiger charge is 2.44. The summed E-state index contributed by atoms with van der Waals surface area (Å²) in [5, 5.41) is 18.8. The van der Waals surface area contributed by atoms with E-state index in [0.717, 1.165) is 37.7 Å². The number of aliphatic hydroxyl groups is 1. The summed E-state index contributed by atoms with van der Waals surface area (Å²) < 4.78 is 63.0. The summed E-state index contributed by atoms with van der Waals surface area (Å²) in [7, 11) is -7.38. The first kappa shape index (κ1) is 28.5. The fraction of sp³-hybridized carbons (Fsp3) is 0.556. The summed E-state index contributed by atoms with van der Waals surface area (Å²) in [6.45, 7) is 1.58. The zero-order valence-electron chi connectivity index (χ0n) is 21.9. The van der Waals surface area contributed by atoms with Gasteiger partial charge in [0.1, 0.15) is 18.5 Å². The normalized spacial score (nSPS) is 22.5. The molecular weight excluding hydrogens is 542 g/mol. The van der Waals surface area contributed by atoms with Gasteiger partial charge in [-0.2, -0.15) is 4.31 Å². The van der Waals surface area contributed by atoms with Crippen molar-refractivity contribution in [2.24, 2.45) is 5.14 Å². The minimum absolute atomic E-state index is 0.0185. The van der Waals surface area contributed by atoms with Crippen LogP contribution < -0.4 is 15.2 Å². The highest BCUT2D eigenvalue weighted by atomic mass is 32.2. The minimum atomic E-state index is -3.83. The SMILES string of the molecule is NS(=O)(=O)c1cccc(OC[C@@H](O)CN[C@H]2COC3(CCN(S(=O)(=O)c4ccc5c(c4)CCCC5)CC3)C2)c1. The molecule has 2 aliphatic heterocycles. The predicted octanol–water partition coefficient (Wildman–Crippen LogP) is 1.55. The molecule has 0 amide bonds. The Hall–Kier alpha value is -2.06. The molecule has 0 radical (unpaired) electrons. The van der Waals surface area contributed by atoms with E-state index in [1.54, 1.807) is 16.4 Å². The summed E-state index contributed by atoms with van der Waals surface area (Å²) in [5.41, 5.74) is 2.06. The van der Waals surface area contributed by atoms with Gasteiger partial charge < -0.3 is 19.9 Å². The molecule has 3 aliphatic rings. The lowest BCUT2D eigenvalue weighted by Crippen LogP contribution is -2.47. The summed E-state index contributed by atoms with van der Waals surface area (Å²) in [6.07, 6.45) is 5.40. The summed E-state index contributed by atoms with van der Waals surface area (Å²) in [5.74, 6) is 0.306. The van der Waals surface area contributed by atoms with Crippen LogP contribution in [0.15, 0.2) is 52.3 Å². The van der Waals surface area contributed by atoms with Gasteiger partial charge in [-0.1, -0.05) is 12.1 Å². The maximum absolute atomic E-state index is 13.3. The summed E-state index contributed by atoms with van der Waals surface area (Å²) in [4.78, 5) is 0.334. The minimum Gasteiger partial charge on any atom is -0.491 e. The molecule has 2 heterocycles. The van der Waals surface area contributed by atoms with Crippen LogP contribution in [0, 0.1) is 0 Å². The second kappa shape index (κ2) is 11.4. The quantitative estimate of drug-likeness (QED) is 0.405. The molecule has 2 fully saturated rings. The fourth-order valence-corrected chi connectivity index (χ4v) is 7.81. The van der Waals surface area contributed by atoms with Gasteiger partial charge in [-0.25, -0.2) is 22.0 Å². The number of aryl methyl sites for hydroxylation is 2. The third-order valence-electron chi connectivity index (χ3n) is 8.02. The number of nitrogens with two attached hydrogens (primary N) is 1. The second-order valence-electron chi connectivity index (χ2n) is 10.8. The highest BCUT2D eigenvalue weighted by molar-refractivity contribution is 7.89. The van der Waals surface area contributed by atoms with Crippen molar-refractivity contribution >= 4 is 20.0 Å². The molecule has 0 unspecified atom stereocenters. The van der Waals surface area contributed by atoms with Gasteiger partial charge in [0, 0.05) is 31.7 Å². The Kier molecular flexibility index (Phi) is 8.35. The molecule has 0 saturated carbocycles. The van der Waals surface area contributed by atoms with Crippen molar-refractivity contribution in [2.45, 2.75) is 72.5 Å². The molecule has 12 heteroatoms. The van der Waals surface area contributed by atoms with Crippen LogP contribution in [0.1, 0.15) is 43.2 Å². The number of hydrogen-bond donors (Lipinski definition) is 3. The van der Waals surface area contributed by atoms with E-state index in [4.69, 9.17) is 14.6 Å². The van der Waals surface area contributed by atoms with Gasteiger partial charge in [-0.15, -0.1) is 0 Å². The molecule has 1 aliphatic carbocycles. The Morgan fingerprint density at radius 2 is 1.79 bits per heavy atom. The molecule has 2 aromatic rings. The van der Waals surface area contributed by atoms with Crippen LogP contribution in [0.5, 0.6) is 5.75 Å². The Morgan fingerprint density at radius 1 is 1.05 bits per heavy atom. The van der Waals surface area contributed by atoms with Gasteiger partial charge in [0.25, 0.3) is 0 Å². The molecule has 2 aromatic carbocycles. The van der Waals surface area contributed by atoms with E-state index in [1.807, 2.05) is 12.1 Å². The van der Waals surface area contributed by atoms with E-state index >= 15 is 0 Å². The monoisotopic (exact) mass is 579 g/mol. The Labute approximate surface area is 230 Å². The molecule has 4 N–H and O–H groups in total. The first-order chi connectivity index (χ1) is 18.5. The van der Waals surface area contributed by atoms with E-state index in [-0.39, 0.29) is 29.7 Å². The first-order valence-electron chi connectivity index (χ1n) is 13.5. The zero-order chi connectivity index (χ0) is 27.7. The van der Waals surface area contributed by atoms with E-state index in [9.17, 15) is 21.9 Å². The lowest BCUT2D eigenvalue weighted by Gasteiger charge is -2.38. The largest absolute Gasteiger partial charge is 0.491 e. The predicted molar refractivity (Wildman–Crippen MR) is 145 cm³/mol. The second-order valence-corrected chi connectivity index (χ2v) is 14.3. The fourth-order valence-electron chi connectivity index (χ4n) is 5.77. The topological polar surface area (TPSA) is 148 Å². The molecule has 10 nitrogen and oxygen atoms in total. The molecule has 0 aromatic heterocycles. The van der Waals surface area contributed by atoms with Gasteiger partial charge in [0.05, 0.1) is 22.0 Å². The molecule has 5 rings (SSSR count). The van der Waals surface area contributed by atoms with Crippen molar-refractivity contribution in [3.05, 3.63) is 53.6 Å². The van der Waals surface area contributed by atoms with E-state index < -0.39 is 26.2 Å². The number of nitrogens with one attached hydrogen (secondary N) is 1. The standard InChI is InChI=1S/C27H37N3O7S2/c28-38(32,33)25-7-3-6-24(15-25)36-19-23(31)17-29-22-16-27(37-18-22)10-12-30(13-11-27)39(34,35)26-9-8-20-4-1-2-5-21(20)14-26/h3,6-9,14-15,22-23,29,31H,1-2,4-5,10-13,16-19H2,(H2,28,32,33)/t22-,23+/m1/s1. The maximum Gasteiger partial charge on any atom is 0.243 e. The Morgan fingerprint density at radius 3 is 2.54 bits per heavy atom. The van der Waals surface area contributed by atoms with Gasteiger partial charge >= 0.3 is 0 Å². The van der Waals surface area contributed by atoms with Crippen molar-refractivity contribution in [2.75, 3.05) is 32.8 Å². The van der Waals surface area contributed by atoms with Crippen LogP contribution in [0.25, 0.3) is 0 Å². The van der Waals surface area contributed by atoms with Crippen molar-refractivity contribution in [1.82, 2.24) is 9.62 Å². The number of fused-ring (bicyclic) bond motifs is 1. The summed E-state index contributed by atoms with van der Waals surface area (Å²) >= 11 is 0. The molecular formula is C27H37N3O7S2. The highest BCUT2D eigenvalue weighted by Crippen LogP contribution is 2.37. The lowest BCUT2D eigenvalue weighted by molar-refractivity contribution is -0.0312. The maximum atomic E-state index is 13.3. The van der Waals surface area contributed by atoms with Crippen LogP contribution >= 0.6 is 0 Å². The Balaban J connectivity index is 1.08. The number of sulfonamides is 2. The number of hydrogen-bond acceptors (Lipinski definition) is 8. The third kappa shape index (κ3) is 6.64. The van der Waals surface area contributed by atoms with Crippen molar-refractivity contribution in [3.8, 4) is 5.75 Å². The average Bonchev–Trinajstić information content (AvgIpc) is 3.32. The number of rotatable bonds is 9. The van der Waals surface area contributed by atoms with Crippen LogP contribution in [-0.4, -0.2) is 76.8 Å². The molecule has 0 bridgehead atoms. The van der Waals surface area contributed by atoms with Crippen molar-refractivity contribution in [3.63, 3.8) is 0 Å². The number of ether oxygens (including phenoxy) is 2. The van der Waals surface area contributed by atoms with Gasteiger partial charge in [-0.3, -0.25) is 0 Å². The van der Waals surface area contributed by atoms with E-state index in [2.05, 4.69) is 5.32 Å². The van der Waals surface area contributed by atoms with Crippen LogP contribution in [0.3, 0.4) is 0 Å². The molecule has 1 spiro atoms. The number of nitrogens with zero attached hydrogens (tertiary/aromatic N) is 1. The Bertz CT molecular complexity index is 1390. The van der Waals surface area contributed by atoms with Gasteiger partial charge in [0.15, 0.2) is 0 Å². The third-order valence-corrected chi connectivity index (χ3v) is 10.8. The number of benzene rings is 2. The van der Waals surface area contributed by atoms with Crippen LogP contribution in [-0.2, 0) is 37.6 Å². The van der Waals surface area contributed by atoms with E-state index in [1.165, 1.54) is 23.8 Å². The number of aliphatic hydroxyl groups excluding tert-OH is 1. The van der Waals surface area contributed by atoms with Crippen molar-refractivity contribution < 1.29 is 31.4 Å². The van der Waals surface area contributed by atoms with Crippen molar-refractivity contribution in [1.29, 1.82) is 0 Å². The molecule has 39 heavy (non-hydrogen) atoms. The molecule has 2 atom stereocenters. The molecule has 2 saturated heterocycles. The van der Waals surface area contributed by atoms with Crippen LogP contribution in [0.2, 0.25) is 0 Å². The van der Waals surface area contributed by atoms with Crippen LogP contribution in [0.4, 0.5) is 0 Å². The number of primary sulfonamides is 1.